The van der Waals surface area contributed by atoms with Crippen LogP contribution in [0.3, 0.4) is 0 Å². The van der Waals surface area contributed by atoms with E-state index in [1.165, 1.54) is 0 Å². The van der Waals surface area contributed by atoms with Crippen molar-refractivity contribution < 1.29 is 22.7 Å². The highest BCUT2D eigenvalue weighted by Gasteiger charge is 2.41. The van der Waals surface area contributed by atoms with Gasteiger partial charge in [-0.1, -0.05) is 6.08 Å². The molecule has 2 aliphatic rings. The molecule has 1 amide bonds. The molecule has 1 aliphatic heterocycles. The van der Waals surface area contributed by atoms with E-state index in [-0.39, 0.29) is 17.9 Å². The highest BCUT2D eigenvalue weighted by atomic mass is 19.4. The summed E-state index contributed by atoms with van der Waals surface area (Å²) >= 11 is 0. The molecule has 0 spiro atoms. The summed E-state index contributed by atoms with van der Waals surface area (Å²) in [6.07, 6.45) is -0.693. The number of hydrogen-bond donors (Lipinski definition) is 1. The lowest BCUT2D eigenvalue weighted by molar-refractivity contribution is -0.143. The van der Waals surface area contributed by atoms with Crippen LogP contribution in [0, 0.1) is 5.92 Å². The second-order valence-corrected chi connectivity index (χ2v) is 6.30. The number of ether oxygens (including phenoxy) is 1. The molecule has 2 heterocycles. The van der Waals surface area contributed by atoms with Crippen LogP contribution in [0.5, 0.6) is 0 Å². The van der Waals surface area contributed by atoms with Gasteiger partial charge in [-0.2, -0.15) is 18.3 Å². The third kappa shape index (κ3) is 3.33. The Labute approximate surface area is 137 Å². The highest BCUT2D eigenvalue weighted by molar-refractivity contribution is 5.80. The second-order valence-electron chi connectivity index (χ2n) is 6.30. The normalized spacial score (nSPS) is 21.4. The molecule has 8 heteroatoms. The molecule has 0 saturated carbocycles. The first-order valence-electron chi connectivity index (χ1n) is 7.99. The number of H-pyrrole nitrogens is 1. The van der Waals surface area contributed by atoms with Gasteiger partial charge in [0.1, 0.15) is 0 Å². The number of nitrogens with one attached hydrogen (secondary N) is 1. The minimum absolute atomic E-state index is 0.0670. The number of methoxy groups -OCH3 is 1. The first kappa shape index (κ1) is 17.0. The monoisotopic (exact) mass is 343 g/mol. The average Bonchev–Trinajstić information content (AvgIpc) is 2.98. The Morgan fingerprint density at radius 1 is 1.46 bits per heavy atom. The van der Waals surface area contributed by atoms with Crippen molar-refractivity contribution in [3.8, 4) is 0 Å². The van der Waals surface area contributed by atoms with Gasteiger partial charge in [-0.15, -0.1) is 0 Å². The van der Waals surface area contributed by atoms with E-state index in [1.807, 2.05) is 6.08 Å². The number of carbonyl (C=O) groups excluding carboxylic acids is 1. The summed E-state index contributed by atoms with van der Waals surface area (Å²) in [6, 6.07) is 0. The number of halogens is 3. The number of aryl methyl sites for hydroxylation is 1. The topological polar surface area (TPSA) is 58.2 Å². The van der Waals surface area contributed by atoms with Crippen LogP contribution < -0.4 is 0 Å². The van der Waals surface area contributed by atoms with Crippen molar-refractivity contribution >= 4 is 5.91 Å². The van der Waals surface area contributed by atoms with Gasteiger partial charge in [-0.05, 0) is 31.3 Å². The van der Waals surface area contributed by atoms with Crippen molar-refractivity contribution in [2.24, 2.45) is 5.92 Å². The van der Waals surface area contributed by atoms with Gasteiger partial charge >= 0.3 is 6.18 Å². The zero-order valence-corrected chi connectivity index (χ0v) is 13.4. The quantitative estimate of drug-likeness (QED) is 0.857. The van der Waals surface area contributed by atoms with Crippen molar-refractivity contribution in [3.63, 3.8) is 0 Å². The average molecular weight is 343 g/mol. The smallest absolute Gasteiger partial charge is 0.380 e. The molecule has 1 N–H and O–H groups in total. The van der Waals surface area contributed by atoms with Crippen LogP contribution in [0.4, 0.5) is 13.2 Å². The van der Waals surface area contributed by atoms with E-state index in [1.54, 1.807) is 12.0 Å². The van der Waals surface area contributed by atoms with Crippen LogP contribution in [0.15, 0.2) is 11.6 Å². The maximum atomic E-state index is 13.0. The van der Waals surface area contributed by atoms with Crippen molar-refractivity contribution in [1.82, 2.24) is 15.1 Å². The number of alkyl halides is 3. The fraction of sp³-hybridized carbons (Fsp3) is 0.625. The Hall–Kier alpha value is -1.83. The molecular formula is C16H20F3N3O2. The zero-order chi connectivity index (χ0) is 17.3. The number of hydrogen-bond acceptors (Lipinski definition) is 3. The molecular weight excluding hydrogens is 323 g/mol. The Kier molecular flexibility index (Phi) is 4.67. The number of fused-ring (bicyclic) bond motifs is 1. The summed E-state index contributed by atoms with van der Waals surface area (Å²) in [5.41, 5.74) is 0.935. The predicted molar refractivity (Wildman–Crippen MR) is 80.3 cm³/mol. The van der Waals surface area contributed by atoms with E-state index in [0.29, 0.717) is 38.2 Å². The van der Waals surface area contributed by atoms with E-state index in [4.69, 9.17) is 4.74 Å². The van der Waals surface area contributed by atoms with Gasteiger partial charge in [-0.3, -0.25) is 9.89 Å². The fourth-order valence-corrected chi connectivity index (χ4v) is 3.43. The summed E-state index contributed by atoms with van der Waals surface area (Å²) in [6.45, 7) is 1.64. The van der Waals surface area contributed by atoms with Gasteiger partial charge in [-0.25, -0.2) is 0 Å². The molecule has 1 aliphatic carbocycles. The van der Waals surface area contributed by atoms with Gasteiger partial charge < -0.3 is 9.64 Å². The molecule has 1 atom stereocenters. The van der Waals surface area contributed by atoms with E-state index in [0.717, 1.165) is 12.0 Å². The number of rotatable bonds is 3. The van der Waals surface area contributed by atoms with Crippen LogP contribution in [0.1, 0.15) is 29.8 Å². The number of carbonyl (C=O) groups is 1. The van der Waals surface area contributed by atoms with Crippen molar-refractivity contribution in [3.05, 3.63) is 28.6 Å². The summed E-state index contributed by atoms with van der Waals surface area (Å²) in [4.78, 5) is 14.4. The van der Waals surface area contributed by atoms with Crippen LogP contribution in [0.25, 0.3) is 0 Å². The molecule has 5 nitrogen and oxygen atoms in total. The second kappa shape index (κ2) is 6.58. The van der Waals surface area contributed by atoms with Crippen LogP contribution >= 0.6 is 0 Å². The standard InChI is InChI=1S/C16H20F3N3O2/c1-24-9-10-4-6-22(7-5-10)15(23)11-2-3-13-12(8-11)14(21-20-13)16(17,18)19/h4,11H,2-3,5-9H2,1H3,(H,20,21)/t11-/m0/s1. The number of aromatic amines is 1. The molecule has 1 aromatic rings. The molecule has 0 radical (unpaired) electrons. The summed E-state index contributed by atoms with van der Waals surface area (Å²) in [7, 11) is 1.63. The maximum absolute atomic E-state index is 13.0. The Balaban J connectivity index is 1.69. The van der Waals surface area contributed by atoms with Crippen molar-refractivity contribution in [2.45, 2.75) is 31.9 Å². The fourth-order valence-electron chi connectivity index (χ4n) is 3.43. The zero-order valence-electron chi connectivity index (χ0n) is 13.4. The van der Waals surface area contributed by atoms with Crippen LogP contribution in [-0.4, -0.2) is 47.8 Å². The molecule has 0 fully saturated rings. The van der Waals surface area contributed by atoms with Crippen LogP contribution in [-0.2, 0) is 28.5 Å². The number of amides is 1. The van der Waals surface area contributed by atoms with Gasteiger partial charge in [0.2, 0.25) is 5.91 Å². The molecule has 0 bridgehead atoms. The van der Waals surface area contributed by atoms with E-state index in [9.17, 15) is 18.0 Å². The molecule has 1 aromatic heterocycles. The van der Waals surface area contributed by atoms with Gasteiger partial charge in [0.15, 0.2) is 5.69 Å². The lowest BCUT2D eigenvalue weighted by atomic mass is 9.85. The lowest BCUT2D eigenvalue weighted by Gasteiger charge is -2.31. The van der Waals surface area contributed by atoms with E-state index < -0.39 is 17.8 Å². The largest absolute Gasteiger partial charge is 0.435 e. The third-order valence-corrected chi connectivity index (χ3v) is 4.71. The molecule has 0 aromatic carbocycles. The highest BCUT2D eigenvalue weighted by Crippen LogP contribution is 2.36. The van der Waals surface area contributed by atoms with E-state index in [2.05, 4.69) is 10.2 Å². The molecule has 0 saturated heterocycles. The first-order valence-corrected chi connectivity index (χ1v) is 7.99. The molecule has 132 valence electrons. The Morgan fingerprint density at radius 3 is 2.88 bits per heavy atom. The van der Waals surface area contributed by atoms with Gasteiger partial charge in [0.05, 0.1) is 6.61 Å². The molecule has 0 unspecified atom stereocenters. The molecule has 24 heavy (non-hydrogen) atoms. The third-order valence-electron chi connectivity index (χ3n) is 4.71. The van der Waals surface area contributed by atoms with E-state index >= 15 is 0 Å². The summed E-state index contributed by atoms with van der Waals surface area (Å²) in [5.74, 6) is -0.476. The number of aromatic nitrogens is 2. The lowest BCUT2D eigenvalue weighted by Crippen LogP contribution is -2.41. The minimum Gasteiger partial charge on any atom is -0.380 e. The minimum atomic E-state index is -4.49. The number of nitrogens with zero attached hydrogens (tertiary/aromatic N) is 2. The molecule has 3 rings (SSSR count). The van der Waals surface area contributed by atoms with Crippen molar-refractivity contribution in [1.29, 1.82) is 0 Å². The predicted octanol–water partition coefficient (Wildman–Crippen LogP) is 2.34. The summed E-state index contributed by atoms with van der Waals surface area (Å²) in [5, 5.41) is 5.88. The summed E-state index contributed by atoms with van der Waals surface area (Å²) < 4.78 is 44.1. The SMILES string of the molecule is COCC1=CCN(C(=O)[C@H]2CCc3[nH]nc(C(F)(F)F)c3C2)CC1. The first-order chi connectivity index (χ1) is 11.4. The Morgan fingerprint density at radius 2 is 2.25 bits per heavy atom. The van der Waals surface area contributed by atoms with Gasteiger partial charge in [0.25, 0.3) is 0 Å². The Bertz CT molecular complexity index is 651. The van der Waals surface area contributed by atoms with Gasteiger partial charge in [0, 0.05) is 37.4 Å². The van der Waals surface area contributed by atoms with Crippen molar-refractivity contribution in [2.75, 3.05) is 26.8 Å². The maximum Gasteiger partial charge on any atom is 0.435 e. The van der Waals surface area contributed by atoms with Crippen LogP contribution in [0.2, 0.25) is 0 Å².